The minimum Gasteiger partial charge on any atom is -0.384 e. The van der Waals surface area contributed by atoms with E-state index >= 15 is 0 Å². The lowest BCUT2D eigenvalue weighted by Gasteiger charge is -2.36. The predicted molar refractivity (Wildman–Crippen MR) is 70.2 cm³/mol. The fraction of sp³-hybridized carbons (Fsp3) is 0.600. The zero-order valence-corrected chi connectivity index (χ0v) is 11.4. The molecule has 0 aromatic carbocycles. The molecule has 0 heterocycles. The molecule has 90 valence electrons. The van der Waals surface area contributed by atoms with Crippen LogP contribution in [0.2, 0.25) is 0 Å². The van der Waals surface area contributed by atoms with Crippen LogP contribution in [0.4, 0.5) is 0 Å². The van der Waals surface area contributed by atoms with E-state index in [0.29, 0.717) is 0 Å². The molecule has 0 spiro atoms. The van der Waals surface area contributed by atoms with Crippen LogP contribution in [0.3, 0.4) is 0 Å². The van der Waals surface area contributed by atoms with Gasteiger partial charge < -0.3 is 5.11 Å². The first kappa shape index (κ1) is 13.2. The summed E-state index contributed by atoms with van der Waals surface area (Å²) in [6.07, 6.45) is 3.36. The maximum Gasteiger partial charge on any atom is 0.0972 e. The fourth-order valence-corrected chi connectivity index (χ4v) is 2.22. The Morgan fingerprint density at radius 2 is 1.56 bits per heavy atom. The van der Waals surface area contributed by atoms with E-state index in [0.717, 1.165) is 5.57 Å². The van der Waals surface area contributed by atoms with Crippen molar-refractivity contribution in [2.45, 2.75) is 47.6 Å². The number of aliphatic hydroxyl groups excluding tert-OH is 1. The van der Waals surface area contributed by atoms with Gasteiger partial charge in [0.1, 0.15) is 0 Å². The van der Waals surface area contributed by atoms with Gasteiger partial charge in [-0.2, -0.15) is 0 Å². The summed E-state index contributed by atoms with van der Waals surface area (Å²) in [4.78, 5) is 0. The lowest BCUT2D eigenvalue weighted by atomic mass is 9.69. The Bertz CT molecular complexity index is 356. The van der Waals surface area contributed by atoms with Crippen molar-refractivity contribution in [3.63, 3.8) is 0 Å². The average molecular weight is 220 g/mol. The van der Waals surface area contributed by atoms with Gasteiger partial charge in [0.15, 0.2) is 0 Å². The highest BCUT2D eigenvalue weighted by atomic mass is 16.3. The fourth-order valence-electron chi connectivity index (χ4n) is 2.22. The van der Waals surface area contributed by atoms with E-state index in [1.54, 1.807) is 0 Å². The monoisotopic (exact) mass is 220 g/mol. The van der Waals surface area contributed by atoms with Gasteiger partial charge in [-0.15, -0.1) is 0 Å². The van der Waals surface area contributed by atoms with Crippen LogP contribution in [0.1, 0.15) is 41.5 Å². The Labute approximate surface area is 99.6 Å². The minimum atomic E-state index is -0.527. The summed E-state index contributed by atoms with van der Waals surface area (Å²) in [5, 5.41) is 9.87. The molecule has 0 amide bonds. The van der Waals surface area contributed by atoms with Gasteiger partial charge >= 0.3 is 0 Å². The van der Waals surface area contributed by atoms with Crippen molar-refractivity contribution in [1.82, 2.24) is 0 Å². The van der Waals surface area contributed by atoms with Gasteiger partial charge in [-0.05, 0) is 27.5 Å². The SMILES string of the molecule is C=C1C(C(C)(C)C)=C(C(C)(C)C)C=CC1O. The molecule has 1 heteroatoms. The van der Waals surface area contributed by atoms with E-state index < -0.39 is 6.10 Å². The van der Waals surface area contributed by atoms with Gasteiger partial charge in [0.05, 0.1) is 6.10 Å². The third kappa shape index (κ3) is 2.46. The molecule has 1 rings (SSSR count). The van der Waals surface area contributed by atoms with E-state index in [2.05, 4.69) is 54.2 Å². The summed E-state index contributed by atoms with van der Waals surface area (Å²) < 4.78 is 0. The molecule has 1 aliphatic carbocycles. The van der Waals surface area contributed by atoms with Gasteiger partial charge in [0.25, 0.3) is 0 Å². The third-order valence-corrected chi connectivity index (χ3v) is 2.95. The lowest BCUT2D eigenvalue weighted by Crippen LogP contribution is -2.26. The van der Waals surface area contributed by atoms with E-state index in [1.165, 1.54) is 11.1 Å². The number of allylic oxidation sites excluding steroid dienone is 2. The van der Waals surface area contributed by atoms with Crippen LogP contribution >= 0.6 is 0 Å². The summed E-state index contributed by atoms with van der Waals surface area (Å²) in [6.45, 7) is 17.2. The molecular formula is C15H24O. The lowest BCUT2D eigenvalue weighted by molar-refractivity contribution is 0.253. The topological polar surface area (TPSA) is 20.2 Å². The summed E-state index contributed by atoms with van der Waals surface area (Å²) >= 11 is 0. The first-order valence-electron chi connectivity index (χ1n) is 5.86. The highest BCUT2D eigenvalue weighted by Crippen LogP contribution is 2.43. The summed E-state index contributed by atoms with van der Waals surface area (Å²) in [6, 6.07) is 0. The zero-order chi connectivity index (χ0) is 12.7. The van der Waals surface area contributed by atoms with Crippen molar-refractivity contribution in [1.29, 1.82) is 0 Å². The Morgan fingerprint density at radius 1 is 1.06 bits per heavy atom. The summed E-state index contributed by atoms with van der Waals surface area (Å²) in [5.74, 6) is 0. The second kappa shape index (κ2) is 3.89. The first-order valence-corrected chi connectivity index (χ1v) is 5.86. The predicted octanol–water partition coefficient (Wildman–Crippen LogP) is 3.86. The molecule has 1 unspecified atom stereocenters. The largest absolute Gasteiger partial charge is 0.384 e. The van der Waals surface area contributed by atoms with E-state index in [1.807, 2.05) is 6.08 Å². The smallest absolute Gasteiger partial charge is 0.0972 e. The maximum absolute atomic E-state index is 9.87. The molecule has 0 saturated carbocycles. The van der Waals surface area contributed by atoms with Crippen LogP contribution in [0, 0.1) is 10.8 Å². The second-order valence-electron chi connectivity index (χ2n) is 6.62. The number of hydrogen-bond donors (Lipinski definition) is 1. The molecule has 1 aliphatic rings. The van der Waals surface area contributed by atoms with Crippen LogP contribution in [-0.2, 0) is 0 Å². The number of hydrogen-bond acceptors (Lipinski definition) is 1. The maximum atomic E-state index is 9.87. The third-order valence-electron chi connectivity index (χ3n) is 2.95. The highest BCUT2D eigenvalue weighted by molar-refractivity contribution is 5.51. The van der Waals surface area contributed by atoms with Crippen LogP contribution in [0.5, 0.6) is 0 Å². The molecule has 0 radical (unpaired) electrons. The van der Waals surface area contributed by atoms with Crippen LogP contribution in [0.15, 0.2) is 35.5 Å². The Balaban J connectivity index is 3.42. The Morgan fingerprint density at radius 3 is 1.94 bits per heavy atom. The van der Waals surface area contributed by atoms with Crippen molar-refractivity contribution in [2.24, 2.45) is 10.8 Å². The molecular weight excluding hydrogens is 196 g/mol. The number of aliphatic hydroxyl groups is 1. The van der Waals surface area contributed by atoms with Gasteiger partial charge in [0, 0.05) is 0 Å². The quantitative estimate of drug-likeness (QED) is 0.657. The van der Waals surface area contributed by atoms with Crippen molar-refractivity contribution < 1.29 is 5.11 Å². The van der Waals surface area contributed by atoms with Crippen molar-refractivity contribution >= 4 is 0 Å². The second-order valence-corrected chi connectivity index (χ2v) is 6.62. The van der Waals surface area contributed by atoms with E-state index in [9.17, 15) is 5.11 Å². The zero-order valence-electron chi connectivity index (χ0n) is 11.4. The minimum absolute atomic E-state index is 0.0193. The number of rotatable bonds is 0. The van der Waals surface area contributed by atoms with Crippen LogP contribution in [-0.4, -0.2) is 11.2 Å². The van der Waals surface area contributed by atoms with Gasteiger partial charge in [0.2, 0.25) is 0 Å². The first-order chi connectivity index (χ1) is 7.05. The Kier molecular flexibility index (Phi) is 3.22. The molecule has 0 aromatic rings. The molecule has 0 aliphatic heterocycles. The van der Waals surface area contributed by atoms with Gasteiger partial charge in [-0.1, -0.05) is 60.3 Å². The molecule has 1 N–H and O–H groups in total. The molecule has 0 saturated heterocycles. The van der Waals surface area contributed by atoms with E-state index in [-0.39, 0.29) is 10.8 Å². The standard InChI is InChI=1S/C15H24O/c1-10-12(16)9-8-11(14(2,3)4)13(10)15(5,6)7/h8-9,12,16H,1H2,2-7H3. The summed E-state index contributed by atoms with van der Waals surface area (Å²) in [5.41, 5.74) is 3.44. The van der Waals surface area contributed by atoms with Crippen molar-refractivity contribution in [2.75, 3.05) is 0 Å². The van der Waals surface area contributed by atoms with Crippen LogP contribution in [0.25, 0.3) is 0 Å². The Hall–Kier alpha value is -0.820. The van der Waals surface area contributed by atoms with Crippen molar-refractivity contribution in [3.8, 4) is 0 Å². The van der Waals surface area contributed by atoms with E-state index in [4.69, 9.17) is 0 Å². The van der Waals surface area contributed by atoms with Gasteiger partial charge in [-0.3, -0.25) is 0 Å². The molecule has 16 heavy (non-hydrogen) atoms. The van der Waals surface area contributed by atoms with Gasteiger partial charge in [-0.25, -0.2) is 0 Å². The molecule has 0 fully saturated rings. The normalized spacial score (nSPS) is 22.9. The highest BCUT2D eigenvalue weighted by Gasteiger charge is 2.32. The molecule has 0 bridgehead atoms. The molecule has 1 atom stereocenters. The average Bonchev–Trinajstić information content (AvgIpc) is 2.05. The van der Waals surface area contributed by atoms with Crippen LogP contribution < -0.4 is 0 Å². The van der Waals surface area contributed by atoms with Crippen molar-refractivity contribution in [3.05, 3.63) is 35.5 Å². The molecule has 0 aromatic heterocycles. The summed E-state index contributed by atoms with van der Waals surface area (Å²) in [7, 11) is 0. The molecule has 1 nitrogen and oxygen atoms in total.